The van der Waals surface area contributed by atoms with Gasteiger partial charge in [0.2, 0.25) is 0 Å². The first-order chi connectivity index (χ1) is 5.66. The van der Waals surface area contributed by atoms with Crippen LogP contribution in [0.2, 0.25) is 18.1 Å². The standard InChI is InChI=1S/C9H19O2Si/c1-5-12(6-2,7-3)9(4)11-8-10/h9H,5-7H2,1-4H3. The fourth-order valence-corrected chi connectivity index (χ4v) is 5.33. The maximum atomic E-state index is 10.1. The molecule has 12 heavy (non-hydrogen) atoms. The third kappa shape index (κ3) is 2.34. The Labute approximate surface area is 76.3 Å². The molecule has 1 atom stereocenters. The highest BCUT2D eigenvalue weighted by Crippen LogP contribution is 2.25. The van der Waals surface area contributed by atoms with E-state index < -0.39 is 8.07 Å². The summed E-state index contributed by atoms with van der Waals surface area (Å²) in [4.78, 5) is 10.1. The number of hydrogen-bond donors (Lipinski definition) is 0. The fraction of sp³-hybridized carbons (Fsp3) is 0.889. The third-order valence-electron chi connectivity index (χ3n) is 3.20. The molecule has 0 aromatic heterocycles. The lowest BCUT2D eigenvalue weighted by molar-refractivity contribution is 0.250. The molecule has 0 amide bonds. The Hall–Kier alpha value is -0.313. The molecule has 0 bridgehead atoms. The summed E-state index contributed by atoms with van der Waals surface area (Å²) < 4.78 is 4.94. The van der Waals surface area contributed by atoms with Gasteiger partial charge in [-0.1, -0.05) is 38.9 Å². The minimum atomic E-state index is -1.33. The van der Waals surface area contributed by atoms with E-state index in [2.05, 4.69) is 20.8 Å². The summed E-state index contributed by atoms with van der Waals surface area (Å²) in [6.45, 7) is 10.2. The maximum Gasteiger partial charge on any atom is 0.417 e. The highest BCUT2D eigenvalue weighted by molar-refractivity contribution is 6.80. The molecule has 1 unspecified atom stereocenters. The van der Waals surface area contributed by atoms with E-state index in [0.29, 0.717) is 0 Å². The van der Waals surface area contributed by atoms with Gasteiger partial charge in [0.1, 0.15) is 8.07 Å². The molecule has 0 fully saturated rings. The molecule has 0 spiro atoms. The number of carbonyl (C=O) groups excluding carboxylic acids is 1. The molecule has 0 N–H and O–H groups in total. The van der Waals surface area contributed by atoms with E-state index in [9.17, 15) is 4.79 Å². The molecular weight excluding hydrogens is 168 g/mol. The van der Waals surface area contributed by atoms with Crippen LogP contribution >= 0.6 is 0 Å². The molecule has 0 rings (SSSR count). The summed E-state index contributed by atoms with van der Waals surface area (Å²) in [5.41, 5.74) is 0.120. The van der Waals surface area contributed by atoms with E-state index in [-0.39, 0.29) is 5.73 Å². The normalized spacial score (nSPS) is 14.0. The average molecular weight is 187 g/mol. The van der Waals surface area contributed by atoms with Crippen molar-refractivity contribution in [3.05, 3.63) is 0 Å². The Morgan fingerprint density at radius 3 is 1.92 bits per heavy atom. The van der Waals surface area contributed by atoms with Gasteiger partial charge in [-0.15, -0.1) is 0 Å². The number of ether oxygens (including phenoxy) is 1. The minimum Gasteiger partial charge on any atom is -0.458 e. The van der Waals surface area contributed by atoms with Crippen molar-refractivity contribution in [1.82, 2.24) is 0 Å². The Bertz CT molecular complexity index is 124. The van der Waals surface area contributed by atoms with Crippen LogP contribution in [0, 0.1) is 0 Å². The first kappa shape index (κ1) is 11.7. The van der Waals surface area contributed by atoms with E-state index in [1.807, 2.05) is 6.92 Å². The number of hydrogen-bond acceptors (Lipinski definition) is 2. The molecule has 0 aromatic carbocycles. The Balaban J connectivity index is 4.34. The van der Waals surface area contributed by atoms with Crippen LogP contribution in [-0.4, -0.2) is 20.3 Å². The summed E-state index contributed by atoms with van der Waals surface area (Å²) in [6.07, 6.45) is 0. The van der Waals surface area contributed by atoms with Crippen molar-refractivity contribution in [1.29, 1.82) is 0 Å². The van der Waals surface area contributed by atoms with Crippen molar-refractivity contribution < 1.29 is 9.53 Å². The average Bonchev–Trinajstić information content (AvgIpc) is 2.09. The van der Waals surface area contributed by atoms with Crippen molar-refractivity contribution in [2.45, 2.75) is 51.6 Å². The molecule has 0 aliphatic heterocycles. The molecule has 0 heterocycles. The summed E-state index contributed by atoms with van der Waals surface area (Å²) in [5, 5.41) is 0. The third-order valence-corrected chi connectivity index (χ3v) is 9.27. The highest BCUT2D eigenvalue weighted by atomic mass is 28.3. The van der Waals surface area contributed by atoms with E-state index in [1.54, 1.807) is 6.47 Å². The quantitative estimate of drug-likeness (QED) is 0.597. The van der Waals surface area contributed by atoms with Crippen LogP contribution in [0.1, 0.15) is 27.7 Å². The first-order valence-electron chi connectivity index (χ1n) is 4.69. The zero-order valence-electron chi connectivity index (χ0n) is 8.52. The van der Waals surface area contributed by atoms with E-state index in [0.717, 1.165) is 0 Å². The molecule has 0 aliphatic carbocycles. The van der Waals surface area contributed by atoms with Crippen LogP contribution in [-0.2, 0) is 9.53 Å². The topological polar surface area (TPSA) is 26.3 Å². The molecule has 0 aliphatic rings. The van der Waals surface area contributed by atoms with Gasteiger partial charge in [0, 0.05) is 0 Å². The molecule has 2 nitrogen and oxygen atoms in total. The largest absolute Gasteiger partial charge is 0.458 e. The Morgan fingerprint density at radius 2 is 1.67 bits per heavy atom. The van der Waals surface area contributed by atoms with Crippen molar-refractivity contribution in [3.63, 3.8) is 0 Å². The molecule has 0 saturated heterocycles. The molecule has 0 aromatic rings. The molecule has 1 radical (unpaired) electrons. The lowest BCUT2D eigenvalue weighted by Gasteiger charge is -2.32. The highest BCUT2D eigenvalue weighted by Gasteiger charge is 2.35. The van der Waals surface area contributed by atoms with Gasteiger partial charge < -0.3 is 4.74 Å². The Morgan fingerprint density at radius 1 is 1.25 bits per heavy atom. The first-order valence-corrected chi connectivity index (χ1v) is 7.39. The van der Waals surface area contributed by atoms with Crippen LogP contribution in [0.3, 0.4) is 0 Å². The minimum absolute atomic E-state index is 0.120. The van der Waals surface area contributed by atoms with Gasteiger partial charge in [-0.25, -0.2) is 4.79 Å². The predicted octanol–water partition coefficient (Wildman–Crippen LogP) is 2.51. The van der Waals surface area contributed by atoms with Crippen LogP contribution in [0.25, 0.3) is 0 Å². The van der Waals surface area contributed by atoms with Crippen LogP contribution in [0.15, 0.2) is 0 Å². The Kier molecular flexibility index (Phi) is 5.21. The van der Waals surface area contributed by atoms with E-state index in [4.69, 9.17) is 4.74 Å². The molecule has 0 saturated carbocycles. The van der Waals surface area contributed by atoms with E-state index in [1.165, 1.54) is 18.1 Å². The predicted molar refractivity (Wildman–Crippen MR) is 53.4 cm³/mol. The lowest BCUT2D eigenvalue weighted by atomic mass is 10.8. The van der Waals surface area contributed by atoms with Gasteiger partial charge in [0.15, 0.2) is 0 Å². The van der Waals surface area contributed by atoms with Crippen LogP contribution in [0.5, 0.6) is 0 Å². The van der Waals surface area contributed by atoms with Crippen LogP contribution in [0.4, 0.5) is 0 Å². The van der Waals surface area contributed by atoms with Crippen molar-refractivity contribution in [2.24, 2.45) is 0 Å². The van der Waals surface area contributed by atoms with Crippen molar-refractivity contribution >= 4 is 14.5 Å². The summed E-state index contributed by atoms with van der Waals surface area (Å²) in [7, 11) is -1.33. The lowest BCUT2D eigenvalue weighted by Crippen LogP contribution is -2.45. The van der Waals surface area contributed by atoms with Crippen molar-refractivity contribution in [2.75, 3.05) is 0 Å². The second-order valence-electron chi connectivity index (χ2n) is 3.27. The monoisotopic (exact) mass is 187 g/mol. The maximum absolute atomic E-state index is 10.1. The second kappa shape index (κ2) is 5.35. The van der Waals surface area contributed by atoms with Gasteiger partial charge >= 0.3 is 6.47 Å². The summed E-state index contributed by atoms with van der Waals surface area (Å²) >= 11 is 0. The van der Waals surface area contributed by atoms with Gasteiger partial charge in [-0.3, -0.25) is 0 Å². The molecule has 3 heteroatoms. The van der Waals surface area contributed by atoms with E-state index >= 15 is 0 Å². The smallest absolute Gasteiger partial charge is 0.417 e. The molecular formula is C9H19O2Si. The fourth-order valence-electron chi connectivity index (χ4n) is 1.81. The van der Waals surface area contributed by atoms with Crippen LogP contribution < -0.4 is 0 Å². The van der Waals surface area contributed by atoms with Gasteiger partial charge in [0.05, 0.1) is 5.73 Å². The number of rotatable bonds is 6. The van der Waals surface area contributed by atoms with Gasteiger partial charge in [-0.2, -0.15) is 0 Å². The SMILES string of the molecule is CC[Si](CC)(CC)C(C)O[C]=O. The molecule has 71 valence electrons. The summed E-state index contributed by atoms with van der Waals surface area (Å²) in [6, 6.07) is 3.55. The summed E-state index contributed by atoms with van der Waals surface area (Å²) in [5.74, 6) is 0. The zero-order chi connectivity index (χ0) is 9.61. The zero-order valence-corrected chi connectivity index (χ0v) is 9.52. The second-order valence-corrected chi connectivity index (χ2v) is 8.93. The van der Waals surface area contributed by atoms with Gasteiger partial charge in [-0.05, 0) is 6.92 Å². The van der Waals surface area contributed by atoms with Crippen molar-refractivity contribution in [3.8, 4) is 0 Å². The van der Waals surface area contributed by atoms with Gasteiger partial charge in [0.25, 0.3) is 0 Å².